The van der Waals surface area contributed by atoms with E-state index >= 15 is 0 Å². The minimum Gasteiger partial charge on any atom is -0.489 e. The standard InChI is InChI=1S/C31H26ClN3O2S2/c32-27-16-7-4-9-22(27)20-37-26-15-8-10-21(17-26)29-23(19-34(33-29)24-11-2-1-3-12-24)18-28-30(36)35(31(38)39-28)25-13-5-6-14-25/h1-4,7-12,15-19,25H,5-6,13-14,20H2/b28-18-. The molecule has 1 aliphatic carbocycles. The monoisotopic (exact) mass is 571 g/mol. The molecule has 5 nitrogen and oxygen atoms in total. The Morgan fingerprint density at radius 3 is 2.59 bits per heavy atom. The fourth-order valence-corrected chi connectivity index (χ4v) is 6.62. The van der Waals surface area contributed by atoms with E-state index in [1.54, 1.807) is 0 Å². The lowest BCUT2D eigenvalue weighted by molar-refractivity contribution is -0.123. The Morgan fingerprint density at radius 2 is 1.79 bits per heavy atom. The third-order valence-electron chi connectivity index (χ3n) is 7.02. The highest BCUT2D eigenvalue weighted by Crippen LogP contribution is 2.39. The highest BCUT2D eigenvalue weighted by molar-refractivity contribution is 8.26. The number of rotatable bonds is 7. The summed E-state index contributed by atoms with van der Waals surface area (Å²) in [6.45, 7) is 0.359. The third kappa shape index (κ3) is 5.53. The van der Waals surface area contributed by atoms with Gasteiger partial charge in [0.2, 0.25) is 0 Å². The van der Waals surface area contributed by atoms with Crippen molar-refractivity contribution in [1.29, 1.82) is 0 Å². The summed E-state index contributed by atoms with van der Waals surface area (Å²) in [5.74, 6) is 0.701. The van der Waals surface area contributed by atoms with Crippen LogP contribution in [0, 0.1) is 0 Å². The molecular formula is C31H26ClN3O2S2. The number of carbonyl (C=O) groups excluding carboxylic acids is 1. The maximum absolute atomic E-state index is 13.4. The highest BCUT2D eigenvalue weighted by atomic mass is 35.5. The molecule has 0 spiro atoms. The Bertz CT molecular complexity index is 1560. The second-order valence-corrected chi connectivity index (χ2v) is 11.7. The van der Waals surface area contributed by atoms with Crippen LogP contribution in [-0.4, -0.2) is 30.9 Å². The van der Waals surface area contributed by atoms with Gasteiger partial charge in [0.25, 0.3) is 5.91 Å². The molecule has 2 heterocycles. The van der Waals surface area contributed by atoms with Gasteiger partial charge in [-0.05, 0) is 49.2 Å². The van der Waals surface area contributed by atoms with Gasteiger partial charge in [-0.3, -0.25) is 9.69 Å². The van der Waals surface area contributed by atoms with Crippen molar-refractivity contribution in [2.24, 2.45) is 0 Å². The van der Waals surface area contributed by atoms with Crippen molar-refractivity contribution in [2.45, 2.75) is 38.3 Å². The number of halogens is 1. The van der Waals surface area contributed by atoms with Gasteiger partial charge in [0, 0.05) is 34.0 Å². The fourth-order valence-electron chi connectivity index (χ4n) is 5.04. The largest absolute Gasteiger partial charge is 0.489 e. The number of thiocarbonyl (C=S) groups is 1. The van der Waals surface area contributed by atoms with E-state index in [1.807, 2.05) is 101 Å². The summed E-state index contributed by atoms with van der Waals surface area (Å²) in [5, 5.41) is 5.61. The van der Waals surface area contributed by atoms with E-state index in [0.717, 1.165) is 53.8 Å². The van der Waals surface area contributed by atoms with Crippen molar-refractivity contribution in [1.82, 2.24) is 14.7 Å². The number of amides is 1. The van der Waals surface area contributed by atoms with Gasteiger partial charge in [0.1, 0.15) is 22.4 Å². The van der Waals surface area contributed by atoms with Crippen LogP contribution in [0.1, 0.15) is 36.8 Å². The minimum absolute atomic E-state index is 0.00728. The molecule has 0 atom stereocenters. The van der Waals surface area contributed by atoms with Crippen LogP contribution in [0.25, 0.3) is 23.0 Å². The van der Waals surface area contributed by atoms with Gasteiger partial charge in [0.15, 0.2) is 0 Å². The number of benzene rings is 3. The SMILES string of the molecule is O=C1/C(=C/c2cn(-c3ccccc3)nc2-c2cccc(OCc3ccccc3Cl)c2)SC(=S)N1C1CCCC1. The van der Waals surface area contributed by atoms with E-state index in [2.05, 4.69) is 0 Å². The van der Waals surface area contributed by atoms with Crippen LogP contribution >= 0.6 is 35.6 Å². The van der Waals surface area contributed by atoms with E-state index in [-0.39, 0.29) is 11.9 Å². The predicted molar refractivity (Wildman–Crippen MR) is 162 cm³/mol. The van der Waals surface area contributed by atoms with Gasteiger partial charge in [-0.2, -0.15) is 5.10 Å². The van der Waals surface area contributed by atoms with E-state index in [4.69, 9.17) is 33.7 Å². The lowest BCUT2D eigenvalue weighted by Crippen LogP contribution is -2.36. The summed E-state index contributed by atoms with van der Waals surface area (Å²) in [6, 6.07) is 25.6. The minimum atomic E-state index is -0.00728. The zero-order valence-corrected chi connectivity index (χ0v) is 23.5. The van der Waals surface area contributed by atoms with Gasteiger partial charge in [-0.25, -0.2) is 4.68 Å². The summed E-state index contributed by atoms with van der Waals surface area (Å²) in [7, 11) is 0. The molecule has 0 bridgehead atoms. The lowest BCUT2D eigenvalue weighted by atomic mass is 10.1. The molecule has 2 aliphatic rings. The second kappa shape index (κ2) is 11.4. The lowest BCUT2D eigenvalue weighted by Gasteiger charge is -2.21. The van der Waals surface area contributed by atoms with Gasteiger partial charge in [-0.15, -0.1) is 0 Å². The van der Waals surface area contributed by atoms with Crippen molar-refractivity contribution < 1.29 is 9.53 Å². The van der Waals surface area contributed by atoms with Crippen molar-refractivity contribution in [3.05, 3.63) is 106 Å². The molecular weight excluding hydrogens is 546 g/mol. The van der Waals surface area contributed by atoms with Crippen molar-refractivity contribution >= 4 is 51.9 Å². The Kier molecular flexibility index (Phi) is 7.55. The molecule has 0 unspecified atom stereocenters. The predicted octanol–water partition coefficient (Wildman–Crippen LogP) is 7.92. The maximum atomic E-state index is 13.4. The number of hydrogen-bond acceptors (Lipinski definition) is 5. The van der Waals surface area contributed by atoms with E-state index in [0.29, 0.717) is 26.6 Å². The normalized spacial score (nSPS) is 16.9. The summed E-state index contributed by atoms with van der Waals surface area (Å²) in [5.41, 5.74) is 4.34. The zero-order valence-electron chi connectivity index (χ0n) is 21.1. The number of thioether (sulfide) groups is 1. The maximum Gasteiger partial charge on any atom is 0.266 e. The molecule has 1 saturated carbocycles. The Morgan fingerprint density at radius 1 is 1.03 bits per heavy atom. The Hall–Kier alpha value is -3.39. The third-order valence-corrected chi connectivity index (χ3v) is 8.72. The average molecular weight is 572 g/mol. The quantitative estimate of drug-likeness (QED) is 0.167. The molecule has 1 amide bonds. The number of ether oxygens (including phenoxy) is 1. The van der Waals surface area contributed by atoms with Crippen LogP contribution in [0.3, 0.4) is 0 Å². The average Bonchev–Trinajstić information content (AvgIpc) is 3.69. The van der Waals surface area contributed by atoms with Gasteiger partial charge in [-0.1, -0.05) is 97.0 Å². The number of para-hydroxylation sites is 1. The molecule has 0 radical (unpaired) electrons. The van der Waals surface area contributed by atoms with Crippen LogP contribution in [0.15, 0.2) is 90.0 Å². The molecule has 2 fully saturated rings. The van der Waals surface area contributed by atoms with Crippen LogP contribution in [0.5, 0.6) is 5.75 Å². The van der Waals surface area contributed by atoms with Crippen LogP contribution in [-0.2, 0) is 11.4 Å². The van der Waals surface area contributed by atoms with Crippen molar-refractivity contribution in [3.63, 3.8) is 0 Å². The fraction of sp³-hybridized carbons (Fsp3) is 0.194. The Balaban J connectivity index is 1.34. The Labute approximate surface area is 242 Å². The van der Waals surface area contributed by atoms with Crippen LogP contribution in [0.4, 0.5) is 0 Å². The van der Waals surface area contributed by atoms with Crippen molar-refractivity contribution in [2.75, 3.05) is 0 Å². The first kappa shape index (κ1) is 25.9. The van der Waals surface area contributed by atoms with E-state index < -0.39 is 0 Å². The summed E-state index contributed by atoms with van der Waals surface area (Å²) in [6.07, 6.45) is 8.19. The number of nitrogens with zero attached hydrogens (tertiary/aromatic N) is 3. The highest BCUT2D eigenvalue weighted by Gasteiger charge is 2.38. The van der Waals surface area contributed by atoms with Crippen molar-refractivity contribution in [3.8, 4) is 22.7 Å². The summed E-state index contributed by atoms with van der Waals surface area (Å²) < 4.78 is 8.57. The summed E-state index contributed by atoms with van der Waals surface area (Å²) >= 11 is 13.3. The molecule has 1 aromatic heterocycles. The first-order valence-corrected chi connectivity index (χ1v) is 14.6. The van der Waals surface area contributed by atoms with Gasteiger partial charge < -0.3 is 4.74 Å². The molecule has 196 valence electrons. The molecule has 6 rings (SSSR count). The van der Waals surface area contributed by atoms with E-state index in [1.165, 1.54) is 11.8 Å². The topological polar surface area (TPSA) is 47.4 Å². The van der Waals surface area contributed by atoms with Crippen LogP contribution < -0.4 is 4.74 Å². The number of aromatic nitrogens is 2. The smallest absolute Gasteiger partial charge is 0.266 e. The summed E-state index contributed by atoms with van der Waals surface area (Å²) in [4.78, 5) is 15.9. The van der Waals surface area contributed by atoms with E-state index in [9.17, 15) is 4.79 Å². The number of hydrogen-bond donors (Lipinski definition) is 0. The molecule has 3 aromatic carbocycles. The molecule has 8 heteroatoms. The zero-order chi connectivity index (χ0) is 26.8. The molecule has 1 aliphatic heterocycles. The van der Waals surface area contributed by atoms with Gasteiger partial charge >= 0.3 is 0 Å². The molecule has 4 aromatic rings. The first-order valence-electron chi connectivity index (χ1n) is 13.0. The molecule has 39 heavy (non-hydrogen) atoms. The molecule has 1 saturated heterocycles. The second-order valence-electron chi connectivity index (χ2n) is 9.61. The molecule has 0 N–H and O–H groups in total. The first-order chi connectivity index (χ1) is 19.1. The number of carbonyl (C=O) groups is 1. The van der Waals surface area contributed by atoms with Crippen LogP contribution in [0.2, 0.25) is 5.02 Å². The van der Waals surface area contributed by atoms with Gasteiger partial charge in [0.05, 0.1) is 10.6 Å².